The number of rotatable bonds is 3. The second kappa shape index (κ2) is 5.14. The molecule has 0 bridgehead atoms. The van der Waals surface area contributed by atoms with Gasteiger partial charge in [-0.05, 0) is 24.3 Å². The lowest BCUT2D eigenvalue weighted by Gasteiger charge is -2.14. The molecule has 0 saturated carbocycles. The lowest BCUT2D eigenvalue weighted by Crippen LogP contribution is -2.29. The van der Waals surface area contributed by atoms with Crippen LogP contribution < -0.4 is 9.64 Å². The third-order valence-electron chi connectivity index (χ3n) is 3.19. The second-order valence-corrected chi connectivity index (χ2v) is 4.48. The highest BCUT2D eigenvalue weighted by molar-refractivity contribution is 6.34. The van der Waals surface area contributed by atoms with Gasteiger partial charge in [0.2, 0.25) is 0 Å². The number of ether oxygens (including phenoxy) is 1. The minimum absolute atomic E-state index is 0.131. The number of hydrogen-bond acceptors (Lipinski definition) is 3. The fraction of sp³-hybridized carbons (Fsp3) is 0.0588. The SMILES string of the molecule is C#CCOc1cccc(N2C(=O)c3ccccc3C2=O)c1. The number of hydrogen-bond donors (Lipinski definition) is 0. The fourth-order valence-corrected chi connectivity index (χ4v) is 2.26. The third kappa shape index (κ3) is 2.15. The van der Waals surface area contributed by atoms with Crippen molar-refractivity contribution in [3.8, 4) is 18.1 Å². The Bertz CT molecular complexity index is 739. The minimum atomic E-state index is -0.329. The molecule has 21 heavy (non-hydrogen) atoms. The second-order valence-electron chi connectivity index (χ2n) is 4.48. The molecule has 1 heterocycles. The standard InChI is InChI=1S/C17H11NO3/c1-2-10-21-13-7-5-6-12(11-13)18-16(19)14-8-3-4-9-15(14)17(18)20/h1,3-9,11H,10H2. The minimum Gasteiger partial charge on any atom is -0.481 e. The summed E-state index contributed by atoms with van der Waals surface area (Å²) >= 11 is 0. The summed E-state index contributed by atoms with van der Waals surface area (Å²) in [5, 5.41) is 0. The average molecular weight is 277 g/mol. The maximum atomic E-state index is 12.4. The zero-order valence-corrected chi connectivity index (χ0v) is 11.1. The molecular weight excluding hydrogens is 266 g/mol. The van der Waals surface area contributed by atoms with Crippen LogP contribution in [0.2, 0.25) is 0 Å². The van der Waals surface area contributed by atoms with Gasteiger partial charge in [0.1, 0.15) is 12.4 Å². The Kier molecular flexibility index (Phi) is 3.17. The highest BCUT2D eigenvalue weighted by atomic mass is 16.5. The van der Waals surface area contributed by atoms with Crippen molar-refractivity contribution in [3.63, 3.8) is 0 Å². The van der Waals surface area contributed by atoms with E-state index in [0.717, 1.165) is 4.90 Å². The number of terminal acetylenes is 1. The molecule has 2 aromatic rings. The van der Waals surface area contributed by atoms with Gasteiger partial charge in [0.25, 0.3) is 11.8 Å². The van der Waals surface area contributed by atoms with Crippen molar-refractivity contribution in [2.24, 2.45) is 0 Å². The monoisotopic (exact) mass is 277 g/mol. The van der Waals surface area contributed by atoms with E-state index in [1.54, 1.807) is 48.5 Å². The van der Waals surface area contributed by atoms with Crippen LogP contribution in [0.5, 0.6) is 5.75 Å². The zero-order valence-electron chi connectivity index (χ0n) is 11.1. The van der Waals surface area contributed by atoms with E-state index >= 15 is 0 Å². The Labute approximate surface area is 122 Å². The van der Waals surface area contributed by atoms with Crippen molar-refractivity contribution in [2.75, 3.05) is 11.5 Å². The molecule has 0 aromatic heterocycles. The summed E-state index contributed by atoms with van der Waals surface area (Å²) in [7, 11) is 0. The molecule has 4 heteroatoms. The Morgan fingerprint density at radius 2 is 1.67 bits per heavy atom. The first kappa shape index (κ1) is 12.9. The number of nitrogens with zero attached hydrogens (tertiary/aromatic N) is 1. The first-order valence-electron chi connectivity index (χ1n) is 6.36. The Balaban J connectivity index is 1.98. The molecule has 0 unspecified atom stereocenters. The van der Waals surface area contributed by atoms with Crippen LogP contribution >= 0.6 is 0 Å². The summed E-state index contributed by atoms with van der Waals surface area (Å²) in [5.41, 5.74) is 1.30. The van der Waals surface area contributed by atoms with Gasteiger partial charge in [-0.15, -0.1) is 6.42 Å². The summed E-state index contributed by atoms with van der Waals surface area (Å²) in [6.45, 7) is 0.131. The van der Waals surface area contributed by atoms with E-state index in [4.69, 9.17) is 11.2 Å². The van der Waals surface area contributed by atoms with Crippen LogP contribution in [-0.4, -0.2) is 18.4 Å². The molecule has 1 aliphatic heterocycles. The van der Waals surface area contributed by atoms with Gasteiger partial charge in [-0.3, -0.25) is 9.59 Å². The lowest BCUT2D eigenvalue weighted by molar-refractivity contribution is 0.0926. The fourth-order valence-electron chi connectivity index (χ4n) is 2.26. The van der Waals surface area contributed by atoms with Gasteiger partial charge in [-0.25, -0.2) is 4.90 Å². The zero-order chi connectivity index (χ0) is 14.8. The summed E-state index contributed by atoms with van der Waals surface area (Å²) in [5.74, 6) is 2.22. The van der Waals surface area contributed by atoms with Gasteiger partial charge in [-0.1, -0.05) is 24.1 Å². The number of fused-ring (bicyclic) bond motifs is 1. The predicted molar refractivity (Wildman–Crippen MR) is 78.4 cm³/mol. The number of benzene rings is 2. The van der Waals surface area contributed by atoms with Crippen LogP contribution in [0.25, 0.3) is 0 Å². The molecule has 0 aliphatic carbocycles. The number of carbonyl (C=O) groups is 2. The highest BCUT2D eigenvalue weighted by Crippen LogP contribution is 2.30. The quantitative estimate of drug-likeness (QED) is 0.639. The van der Waals surface area contributed by atoms with E-state index in [1.807, 2.05) is 0 Å². The van der Waals surface area contributed by atoms with Crippen molar-refractivity contribution in [3.05, 3.63) is 59.7 Å². The van der Waals surface area contributed by atoms with Crippen molar-refractivity contribution >= 4 is 17.5 Å². The number of amides is 2. The van der Waals surface area contributed by atoms with Crippen molar-refractivity contribution in [1.82, 2.24) is 0 Å². The van der Waals surface area contributed by atoms with Gasteiger partial charge >= 0.3 is 0 Å². The maximum absolute atomic E-state index is 12.4. The highest BCUT2D eigenvalue weighted by Gasteiger charge is 2.36. The van der Waals surface area contributed by atoms with Crippen molar-refractivity contribution < 1.29 is 14.3 Å². The first-order chi connectivity index (χ1) is 10.2. The largest absolute Gasteiger partial charge is 0.481 e. The molecule has 0 N–H and O–H groups in total. The molecule has 2 aromatic carbocycles. The predicted octanol–water partition coefficient (Wildman–Crippen LogP) is 2.50. The molecule has 4 nitrogen and oxygen atoms in total. The summed E-state index contributed by atoms with van der Waals surface area (Å²) in [6, 6.07) is 13.5. The van der Waals surface area contributed by atoms with Crippen LogP contribution in [-0.2, 0) is 0 Å². The van der Waals surface area contributed by atoms with E-state index in [-0.39, 0.29) is 18.4 Å². The smallest absolute Gasteiger partial charge is 0.266 e. The number of imide groups is 1. The van der Waals surface area contributed by atoms with Gasteiger partial charge in [-0.2, -0.15) is 0 Å². The first-order valence-corrected chi connectivity index (χ1v) is 6.36. The van der Waals surface area contributed by atoms with E-state index < -0.39 is 0 Å². The topological polar surface area (TPSA) is 46.6 Å². The van der Waals surface area contributed by atoms with Gasteiger partial charge < -0.3 is 4.74 Å². The van der Waals surface area contributed by atoms with Crippen LogP contribution in [0.1, 0.15) is 20.7 Å². The number of anilines is 1. The Morgan fingerprint density at radius 3 is 2.29 bits per heavy atom. The van der Waals surface area contributed by atoms with Gasteiger partial charge in [0, 0.05) is 6.07 Å². The molecule has 1 aliphatic rings. The molecule has 0 fully saturated rings. The number of carbonyl (C=O) groups excluding carboxylic acids is 2. The van der Waals surface area contributed by atoms with E-state index in [9.17, 15) is 9.59 Å². The normalized spacial score (nSPS) is 13.0. The maximum Gasteiger partial charge on any atom is 0.266 e. The molecule has 2 amide bonds. The Hall–Kier alpha value is -3.06. The summed E-state index contributed by atoms with van der Waals surface area (Å²) in [4.78, 5) is 25.9. The van der Waals surface area contributed by atoms with Crippen molar-refractivity contribution in [2.45, 2.75) is 0 Å². The molecule has 3 rings (SSSR count). The van der Waals surface area contributed by atoms with Crippen LogP contribution in [0.3, 0.4) is 0 Å². The lowest BCUT2D eigenvalue weighted by atomic mass is 10.1. The third-order valence-corrected chi connectivity index (χ3v) is 3.19. The summed E-state index contributed by atoms with van der Waals surface area (Å²) in [6.07, 6.45) is 5.14. The summed E-state index contributed by atoms with van der Waals surface area (Å²) < 4.78 is 5.32. The van der Waals surface area contributed by atoms with Crippen molar-refractivity contribution in [1.29, 1.82) is 0 Å². The van der Waals surface area contributed by atoms with Crippen LogP contribution in [0.15, 0.2) is 48.5 Å². The molecule has 0 radical (unpaired) electrons. The van der Waals surface area contributed by atoms with E-state index in [1.165, 1.54) is 0 Å². The Morgan fingerprint density at radius 1 is 1.00 bits per heavy atom. The molecule has 102 valence electrons. The van der Waals surface area contributed by atoms with Crippen LogP contribution in [0, 0.1) is 12.3 Å². The van der Waals surface area contributed by atoms with Gasteiger partial charge in [0.05, 0.1) is 16.8 Å². The van der Waals surface area contributed by atoms with E-state index in [0.29, 0.717) is 22.6 Å². The average Bonchev–Trinajstić information content (AvgIpc) is 2.78. The molecule has 0 spiro atoms. The van der Waals surface area contributed by atoms with Gasteiger partial charge in [0.15, 0.2) is 0 Å². The molecule has 0 atom stereocenters. The molecule has 0 saturated heterocycles. The molecular formula is C17H11NO3. The van der Waals surface area contributed by atoms with Crippen LogP contribution in [0.4, 0.5) is 5.69 Å². The van der Waals surface area contributed by atoms with E-state index in [2.05, 4.69) is 5.92 Å².